The number of likely N-dealkylation sites (N-methyl/N-ethyl adjacent to an activating group) is 2. The zero-order valence-corrected chi connectivity index (χ0v) is 7.59. The van der Waals surface area contributed by atoms with Gasteiger partial charge >= 0.3 is 0 Å². The Labute approximate surface area is 68.8 Å². The summed E-state index contributed by atoms with van der Waals surface area (Å²) in [6, 6.07) is 0. The first-order chi connectivity index (χ1) is 5.22. The molecule has 0 spiro atoms. The van der Waals surface area contributed by atoms with E-state index in [4.69, 9.17) is 0 Å². The van der Waals surface area contributed by atoms with Crippen LogP contribution in [0.4, 0.5) is 0 Å². The highest BCUT2D eigenvalue weighted by Gasteiger charge is 1.95. The maximum atomic E-state index is 4.05. The number of nitrogens with zero attached hydrogens (tertiary/aromatic N) is 2. The minimum atomic E-state index is 0.796. The van der Waals surface area contributed by atoms with Crippen LogP contribution in [0.1, 0.15) is 13.8 Å². The summed E-state index contributed by atoms with van der Waals surface area (Å²) in [4.78, 5) is 0. The van der Waals surface area contributed by atoms with Crippen LogP contribution < -0.4 is 5.32 Å². The molecule has 0 bridgehead atoms. The first-order valence-electron chi connectivity index (χ1n) is 3.83. The molecule has 0 aliphatic rings. The summed E-state index contributed by atoms with van der Waals surface area (Å²) in [5.41, 5.74) is 0.977. The van der Waals surface area contributed by atoms with Gasteiger partial charge in [0.15, 0.2) is 0 Å². The second-order valence-corrected chi connectivity index (χ2v) is 2.24. The third-order valence-electron chi connectivity index (χ3n) is 1.33. The predicted molar refractivity (Wildman–Crippen MR) is 49.6 cm³/mol. The van der Waals surface area contributed by atoms with Gasteiger partial charge in [-0.1, -0.05) is 13.5 Å². The van der Waals surface area contributed by atoms with E-state index in [1.54, 1.807) is 11.2 Å². The van der Waals surface area contributed by atoms with Crippen LogP contribution in [-0.4, -0.2) is 31.4 Å². The molecule has 0 radical (unpaired) electrons. The van der Waals surface area contributed by atoms with Crippen LogP contribution in [0.15, 0.2) is 17.4 Å². The van der Waals surface area contributed by atoms with E-state index in [-0.39, 0.29) is 0 Å². The topological polar surface area (TPSA) is 27.6 Å². The molecule has 11 heavy (non-hydrogen) atoms. The summed E-state index contributed by atoms with van der Waals surface area (Å²) in [5.74, 6) is 0. The molecule has 64 valence electrons. The van der Waals surface area contributed by atoms with E-state index < -0.39 is 0 Å². The summed E-state index contributed by atoms with van der Waals surface area (Å²) in [6.07, 6.45) is 1.75. The molecule has 1 N–H and O–H groups in total. The minimum absolute atomic E-state index is 0.796. The monoisotopic (exact) mass is 155 g/mol. The van der Waals surface area contributed by atoms with Gasteiger partial charge in [0.2, 0.25) is 0 Å². The van der Waals surface area contributed by atoms with Crippen LogP contribution in [0.25, 0.3) is 0 Å². The van der Waals surface area contributed by atoms with Crippen LogP contribution >= 0.6 is 0 Å². The van der Waals surface area contributed by atoms with Crippen molar-refractivity contribution >= 4 is 6.21 Å². The van der Waals surface area contributed by atoms with E-state index >= 15 is 0 Å². The molecule has 0 aromatic rings. The SMILES string of the molecule is C=C(CNCC)N(C)/N=C\C. The lowest BCUT2D eigenvalue weighted by molar-refractivity contribution is 0.431. The molecule has 0 saturated heterocycles. The lowest BCUT2D eigenvalue weighted by Gasteiger charge is -2.15. The van der Waals surface area contributed by atoms with E-state index in [1.165, 1.54) is 0 Å². The van der Waals surface area contributed by atoms with Crippen LogP contribution in [0.3, 0.4) is 0 Å². The number of hydrogen-bond acceptors (Lipinski definition) is 3. The maximum absolute atomic E-state index is 4.05. The molecule has 0 unspecified atom stereocenters. The number of hydrogen-bond donors (Lipinski definition) is 1. The maximum Gasteiger partial charge on any atom is 0.0431 e. The Bertz CT molecular complexity index is 140. The van der Waals surface area contributed by atoms with Gasteiger partial charge < -0.3 is 5.32 Å². The normalized spacial score (nSPS) is 10.5. The molecule has 3 heteroatoms. The Balaban J connectivity index is 3.64. The van der Waals surface area contributed by atoms with Crippen molar-refractivity contribution in [2.24, 2.45) is 5.10 Å². The Morgan fingerprint density at radius 3 is 2.82 bits per heavy atom. The summed E-state index contributed by atoms with van der Waals surface area (Å²) < 4.78 is 0. The van der Waals surface area contributed by atoms with Gasteiger partial charge in [-0.15, -0.1) is 0 Å². The van der Waals surface area contributed by atoms with Gasteiger partial charge in [0.05, 0.1) is 0 Å². The molecule has 0 heterocycles. The van der Waals surface area contributed by atoms with Crippen molar-refractivity contribution in [1.29, 1.82) is 0 Å². The third kappa shape index (κ3) is 4.56. The molecule has 0 aliphatic heterocycles. The van der Waals surface area contributed by atoms with Gasteiger partial charge in [0.1, 0.15) is 0 Å². The van der Waals surface area contributed by atoms with Crippen LogP contribution in [0.2, 0.25) is 0 Å². The Kier molecular flexibility index (Phi) is 5.47. The van der Waals surface area contributed by atoms with Crippen molar-refractivity contribution in [3.8, 4) is 0 Å². The zero-order chi connectivity index (χ0) is 8.69. The fourth-order valence-corrected chi connectivity index (χ4v) is 0.639. The molecular weight excluding hydrogens is 138 g/mol. The van der Waals surface area contributed by atoms with Crippen molar-refractivity contribution in [2.45, 2.75) is 13.8 Å². The van der Waals surface area contributed by atoms with E-state index in [1.807, 2.05) is 14.0 Å². The summed E-state index contributed by atoms with van der Waals surface area (Å²) in [7, 11) is 1.89. The average Bonchev–Trinajstić information content (AvgIpc) is 2.00. The first-order valence-corrected chi connectivity index (χ1v) is 3.83. The van der Waals surface area contributed by atoms with Crippen LogP contribution in [0.5, 0.6) is 0 Å². The molecule has 0 fully saturated rings. The largest absolute Gasteiger partial charge is 0.311 e. The van der Waals surface area contributed by atoms with E-state index in [9.17, 15) is 0 Å². The molecule has 0 aromatic heterocycles. The van der Waals surface area contributed by atoms with Crippen LogP contribution in [-0.2, 0) is 0 Å². The first kappa shape index (κ1) is 10.2. The molecule has 0 atom stereocenters. The van der Waals surface area contributed by atoms with Gasteiger partial charge in [-0.3, -0.25) is 5.01 Å². The number of hydrazone groups is 1. The van der Waals surface area contributed by atoms with E-state index in [0.29, 0.717) is 0 Å². The smallest absolute Gasteiger partial charge is 0.0431 e. The number of nitrogens with one attached hydrogen (secondary N) is 1. The summed E-state index contributed by atoms with van der Waals surface area (Å²) in [5, 5.41) is 8.98. The Hall–Kier alpha value is -0.830. The minimum Gasteiger partial charge on any atom is -0.311 e. The highest BCUT2D eigenvalue weighted by Crippen LogP contribution is 1.95. The second-order valence-electron chi connectivity index (χ2n) is 2.24. The standard InChI is InChI=1S/C8H17N3/c1-5-9-7-8(3)11(4)10-6-2/h6,9H,3,5,7H2,1-2,4H3/b10-6-. The van der Waals surface area contributed by atoms with Gasteiger partial charge in [-0.2, -0.15) is 5.10 Å². The lowest BCUT2D eigenvalue weighted by Crippen LogP contribution is -2.23. The third-order valence-corrected chi connectivity index (χ3v) is 1.33. The van der Waals surface area contributed by atoms with Crippen molar-refractivity contribution in [3.63, 3.8) is 0 Å². The zero-order valence-electron chi connectivity index (χ0n) is 7.59. The molecule has 0 saturated carbocycles. The van der Waals surface area contributed by atoms with Crippen molar-refractivity contribution in [3.05, 3.63) is 12.3 Å². The van der Waals surface area contributed by atoms with Gasteiger partial charge in [-0.05, 0) is 13.5 Å². The highest BCUT2D eigenvalue weighted by molar-refractivity contribution is 5.52. The number of rotatable bonds is 5. The highest BCUT2D eigenvalue weighted by atomic mass is 15.4. The van der Waals surface area contributed by atoms with Gasteiger partial charge in [-0.25, -0.2) is 0 Å². The fraction of sp³-hybridized carbons (Fsp3) is 0.625. The molecular formula is C8H17N3. The fourth-order valence-electron chi connectivity index (χ4n) is 0.639. The van der Waals surface area contributed by atoms with E-state index in [2.05, 4.69) is 23.9 Å². The summed E-state index contributed by atoms with van der Waals surface area (Å²) in [6.45, 7) is 9.57. The van der Waals surface area contributed by atoms with Crippen molar-refractivity contribution < 1.29 is 0 Å². The van der Waals surface area contributed by atoms with Crippen molar-refractivity contribution in [1.82, 2.24) is 10.3 Å². The molecule has 0 aromatic carbocycles. The molecule has 0 rings (SSSR count). The lowest BCUT2D eigenvalue weighted by atomic mass is 10.4. The summed E-state index contributed by atoms with van der Waals surface area (Å²) >= 11 is 0. The Morgan fingerprint density at radius 2 is 2.36 bits per heavy atom. The Morgan fingerprint density at radius 1 is 1.73 bits per heavy atom. The van der Waals surface area contributed by atoms with E-state index in [0.717, 1.165) is 18.8 Å². The predicted octanol–water partition coefficient (Wildman–Crippen LogP) is 1.05. The van der Waals surface area contributed by atoms with Crippen LogP contribution in [0, 0.1) is 0 Å². The second kappa shape index (κ2) is 5.92. The van der Waals surface area contributed by atoms with Crippen molar-refractivity contribution in [2.75, 3.05) is 20.1 Å². The molecule has 0 aliphatic carbocycles. The van der Waals surface area contributed by atoms with Gasteiger partial charge in [0, 0.05) is 25.5 Å². The quantitative estimate of drug-likeness (QED) is 0.474. The molecule has 0 amide bonds. The van der Waals surface area contributed by atoms with Gasteiger partial charge in [0.25, 0.3) is 0 Å². The average molecular weight is 155 g/mol. The molecule has 3 nitrogen and oxygen atoms in total.